The monoisotopic (exact) mass is 284 g/mol. The van der Waals surface area contributed by atoms with Crippen molar-refractivity contribution in [3.05, 3.63) is 11.8 Å². The molecule has 0 aromatic rings. The Morgan fingerprint density at radius 2 is 1.80 bits per heavy atom. The van der Waals surface area contributed by atoms with Crippen molar-refractivity contribution in [1.82, 2.24) is 0 Å². The summed E-state index contributed by atoms with van der Waals surface area (Å²) in [5.74, 6) is 0.744. The number of carbonyl (C=O) groups excluding carboxylic acids is 2. The molecule has 1 aliphatic rings. The fourth-order valence-electron chi connectivity index (χ4n) is 2.51. The van der Waals surface area contributed by atoms with E-state index in [1.165, 1.54) is 13.8 Å². The molecular formula is C15H24O5. The van der Waals surface area contributed by atoms with Gasteiger partial charge in [-0.15, -0.1) is 0 Å². The molecule has 1 aliphatic carbocycles. The molecule has 114 valence electrons. The third kappa shape index (κ3) is 4.87. The van der Waals surface area contributed by atoms with Crippen LogP contribution in [0.4, 0.5) is 0 Å². The summed E-state index contributed by atoms with van der Waals surface area (Å²) in [5.41, 5.74) is 0. The molecule has 0 unspecified atom stereocenters. The minimum atomic E-state index is -0.295. The van der Waals surface area contributed by atoms with Gasteiger partial charge in [0.15, 0.2) is 0 Å². The molecule has 0 saturated heterocycles. The van der Waals surface area contributed by atoms with E-state index in [4.69, 9.17) is 14.2 Å². The molecule has 0 spiro atoms. The Balaban J connectivity index is 2.74. The molecule has 0 amide bonds. The van der Waals surface area contributed by atoms with Crippen LogP contribution in [0.25, 0.3) is 0 Å². The summed E-state index contributed by atoms with van der Waals surface area (Å²) < 4.78 is 15.9. The first kappa shape index (κ1) is 16.5. The molecule has 0 aliphatic heterocycles. The first-order valence-corrected chi connectivity index (χ1v) is 7.05. The number of allylic oxidation sites excluding steroid dienone is 2. The molecular weight excluding hydrogens is 260 g/mol. The van der Waals surface area contributed by atoms with E-state index in [2.05, 4.69) is 6.92 Å². The van der Waals surface area contributed by atoms with Gasteiger partial charge in [-0.2, -0.15) is 0 Å². The Bertz CT molecular complexity index is 374. The smallest absolute Gasteiger partial charge is 0.302 e. The molecule has 0 aromatic carbocycles. The summed E-state index contributed by atoms with van der Waals surface area (Å²) in [7, 11) is 0. The summed E-state index contributed by atoms with van der Waals surface area (Å²) in [6.45, 7) is 8.08. The zero-order valence-electron chi connectivity index (χ0n) is 12.7. The van der Waals surface area contributed by atoms with Crippen molar-refractivity contribution in [2.24, 2.45) is 17.8 Å². The Morgan fingerprint density at radius 3 is 2.35 bits per heavy atom. The van der Waals surface area contributed by atoms with Crippen LogP contribution in [0.1, 0.15) is 34.1 Å². The lowest BCUT2D eigenvalue weighted by Crippen LogP contribution is -2.35. The first-order chi connectivity index (χ1) is 9.45. The second kappa shape index (κ2) is 7.92. The summed E-state index contributed by atoms with van der Waals surface area (Å²) >= 11 is 0. The number of hydrogen-bond acceptors (Lipinski definition) is 5. The van der Waals surface area contributed by atoms with Gasteiger partial charge in [0.25, 0.3) is 0 Å². The van der Waals surface area contributed by atoms with Gasteiger partial charge in [-0.3, -0.25) is 9.59 Å². The van der Waals surface area contributed by atoms with Gasteiger partial charge in [-0.05, 0) is 19.4 Å². The van der Waals surface area contributed by atoms with Gasteiger partial charge in [0, 0.05) is 31.6 Å². The lowest BCUT2D eigenvalue weighted by atomic mass is 9.76. The van der Waals surface area contributed by atoms with Gasteiger partial charge in [0.1, 0.15) is 0 Å². The molecule has 0 bridgehead atoms. The molecule has 0 saturated carbocycles. The first-order valence-electron chi connectivity index (χ1n) is 7.05. The fourth-order valence-corrected chi connectivity index (χ4v) is 2.51. The molecule has 0 heterocycles. The van der Waals surface area contributed by atoms with Crippen molar-refractivity contribution in [3.8, 4) is 0 Å². The van der Waals surface area contributed by atoms with Gasteiger partial charge in [-0.25, -0.2) is 0 Å². The van der Waals surface area contributed by atoms with E-state index >= 15 is 0 Å². The van der Waals surface area contributed by atoms with E-state index in [1.54, 1.807) is 0 Å². The van der Waals surface area contributed by atoms with Crippen molar-refractivity contribution >= 4 is 11.9 Å². The molecule has 5 heteroatoms. The fraction of sp³-hybridized carbons (Fsp3) is 0.733. The average Bonchev–Trinajstić information content (AvgIpc) is 2.37. The molecule has 0 fully saturated rings. The molecule has 0 aromatic heterocycles. The number of esters is 2. The zero-order chi connectivity index (χ0) is 15.1. The Kier molecular flexibility index (Phi) is 6.55. The van der Waals surface area contributed by atoms with Crippen LogP contribution in [0.2, 0.25) is 0 Å². The zero-order valence-corrected chi connectivity index (χ0v) is 12.7. The highest BCUT2D eigenvalue weighted by molar-refractivity contribution is 5.66. The molecule has 5 nitrogen and oxygen atoms in total. The van der Waals surface area contributed by atoms with Crippen LogP contribution in [-0.4, -0.2) is 31.8 Å². The van der Waals surface area contributed by atoms with E-state index in [9.17, 15) is 9.59 Å². The van der Waals surface area contributed by atoms with Crippen LogP contribution in [0, 0.1) is 17.8 Å². The largest absolute Gasteiger partial charge is 0.498 e. The molecule has 1 rings (SSSR count). The predicted octanol–water partition coefficient (Wildman–Crippen LogP) is 2.31. The van der Waals surface area contributed by atoms with Gasteiger partial charge in [0.05, 0.1) is 25.6 Å². The highest BCUT2D eigenvalue weighted by Crippen LogP contribution is 2.36. The van der Waals surface area contributed by atoms with Gasteiger partial charge in [-0.1, -0.05) is 6.92 Å². The Morgan fingerprint density at radius 1 is 1.20 bits per heavy atom. The number of carbonyl (C=O) groups is 2. The van der Waals surface area contributed by atoms with E-state index < -0.39 is 0 Å². The summed E-state index contributed by atoms with van der Waals surface area (Å²) in [6, 6.07) is 0. The standard InChI is InChI=1S/C15H24O5/c1-5-18-15-7-6-13(8-19-11(3)16)14(10(15)2)9-20-12(4)17/h7,10,13-14H,5-6,8-9H2,1-4H3/t10-,13+,14+/m0/s1. The molecule has 3 atom stereocenters. The lowest BCUT2D eigenvalue weighted by molar-refractivity contribution is -0.148. The van der Waals surface area contributed by atoms with E-state index in [-0.39, 0.29) is 29.7 Å². The van der Waals surface area contributed by atoms with Crippen molar-refractivity contribution in [2.75, 3.05) is 19.8 Å². The van der Waals surface area contributed by atoms with Crippen LogP contribution in [0.5, 0.6) is 0 Å². The van der Waals surface area contributed by atoms with E-state index in [0.29, 0.717) is 19.8 Å². The predicted molar refractivity (Wildman–Crippen MR) is 73.7 cm³/mol. The highest BCUT2D eigenvalue weighted by Gasteiger charge is 2.34. The quantitative estimate of drug-likeness (QED) is 0.700. The van der Waals surface area contributed by atoms with E-state index in [1.807, 2.05) is 13.0 Å². The summed E-state index contributed by atoms with van der Waals surface area (Å²) in [4.78, 5) is 22.0. The van der Waals surface area contributed by atoms with Crippen LogP contribution < -0.4 is 0 Å². The van der Waals surface area contributed by atoms with Crippen LogP contribution in [0.15, 0.2) is 11.8 Å². The van der Waals surface area contributed by atoms with Gasteiger partial charge < -0.3 is 14.2 Å². The number of ether oxygens (including phenoxy) is 3. The van der Waals surface area contributed by atoms with Gasteiger partial charge in [0.2, 0.25) is 0 Å². The lowest BCUT2D eigenvalue weighted by Gasteiger charge is -2.35. The average molecular weight is 284 g/mol. The minimum Gasteiger partial charge on any atom is -0.498 e. The van der Waals surface area contributed by atoms with Crippen molar-refractivity contribution in [3.63, 3.8) is 0 Å². The maximum Gasteiger partial charge on any atom is 0.302 e. The maximum atomic E-state index is 11.0. The normalized spacial score (nSPS) is 25.6. The minimum absolute atomic E-state index is 0.102. The molecule has 0 N–H and O–H groups in total. The molecule has 20 heavy (non-hydrogen) atoms. The summed E-state index contributed by atoms with van der Waals surface area (Å²) in [5, 5.41) is 0. The third-order valence-electron chi connectivity index (χ3n) is 3.61. The van der Waals surface area contributed by atoms with Crippen molar-refractivity contribution < 1.29 is 23.8 Å². The third-order valence-corrected chi connectivity index (χ3v) is 3.61. The topological polar surface area (TPSA) is 61.8 Å². The van der Waals surface area contributed by atoms with Crippen molar-refractivity contribution in [1.29, 1.82) is 0 Å². The summed E-state index contributed by atoms with van der Waals surface area (Å²) in [6.07, 6.45) is 2.81. The Labute approximate surface area is 120 Å². The number of hydrogen-bond donors (Lipinski definition) is 0. The van der Waals surface area contributed by atoms with E-state index in [0.717, 1.165) is 12.2 Å². The number of rotatable bonds is 6. The van der Waals surface area contributed by atoms with Gasteiger partial charge >= 0.3 is 11.9 Å². The van der Waals surface area contributed by atoms with Crippen LogP contribution in [-0.2, 0) is 23.8 Å². The molecule has 0 radical (unpaired) electrons. The second-order valence-corrected chi connectivity index (χ2v) is 5.09. The van der Waals surface area contributed by atoms with Crippen molar-refractivity contribution in [2.45, 2.75) is 34.1 Å². The highest BCUT2D eigenvalue weighted by atomic mass is 16.5. The maximum absolute atomic E-state index is 11.0. The second-order valence-electron chi connectivity index (χ2n) is 5.09. The van der Waals surface area contributed by atoms with Crippen LogP contribution >= 0.6 is 0 Å². The van der Waals surface area contributed by atoms with Crippen LogP contribution in [0.3, 0.4) is 0 Å². The SMILES string of the molecule is CCOC1=CC[C@H](COC(C)=O)[C@H](COC(C)=O)[C@@H]1C. The Hall–Kier alpha value is -1.52.